The van der Waals surface area contributed by atoms with E-state index in [1.807, 2.05) is 5.48 Å². The lowest BCUT2D eigenvalue weighted by molar-refractivity contribution is 0.0677. The van der Waals surface area contributed by atoms with Crippen LogP contribution in [0.1, 0.15) is 26.0 Å². The van der Waals surface area contributed by atoms with Gasteiger partial charge in [0.1, 0.15) is 5.82 Å². The fraction of sp³-hybridized carbons (Fsp3) is 0.471. The lowest BCUT2D eigenvalue weighted by Gasteiger charge is -2.23. The molecule has 1 fully saturated rings. The molecule has 32 heavy (non-hydrogen) atoms. The zero-order valence-electron chi connectivity index (χ0n) is 17.1. The molecule has 0 aliphatic carbocycles. The Bertz CT molecular complexity index is 1100. The third kappa shape index (κ3) is 5.79. The van der Waals surface area contributed by atoms with E-state index in [0.717, 1.165) is 4.31 Å². The first-order valence-electron chi connectivity index (χ1n) is 9.44. The summed E-state index contributed by atoms with van der Waals surface area (Å²) in [6.07, 6.45) is -0.370. The summed E-state index contributed by atoms with van der Waals surface area (Å²) in [5.74, 6) is -0.590. The van der Waals surface area contributed by atoms with Gasteiger partial charge in [0.25, 0.3) is 0 Å². The average molecular weight is 537 g/mol. The van der Waals surface area contributed by atoms with Crippen LogP contribution in [0.4, 0.5) is 15.9 Å². The van der Waals surface area contributed by atoms with Crippen LogP contribution in [0.15, 0.2) is 32.3 Å². The lowest BCUT2D eigenvalue weighted by atomic mass is 10.0. The molecule has 12 nitrogen and oxygen atoms in total. The number of benzene rings is 1. The Labute approximate surface area is 191 Å². The van der Waals surface area contributed by atoms with E-state index in [0.29, 0.717) is 5.69 Å². The molecular formula is C17H22BrFN6O6S. The monoisotopic (exact) mass is 536 g/mol. The zero-order chi connectivity index (χ0) is 23.5. The van der Waals surface area contributed by atoms with Crippen molar-refractivity contribution in [2.45, 2.75) is 32.0 Å². The number of aliphatic imine (C=N–C) groups is 1. The van der Waals surface area contributed by atoms with Crippen LogP contribution < -0.4 is 10.8 Å². The van der Waals surface area contributed by atoms with Crippen LogP contribution in [0.25, 0.3) is 0 Å². The molecule has 0 radical (unpaired) electrons. The molecule has 3 rings (SSSR count). The van der Waals surface area contributed by atoms with Crippen LogP contribution in [-0.4, -0.2) is 70.5 Å². The van der Waals surface area contributed by atoms with Gasteiger partial charge in [-0.3, -0.25) is 14.9 Å². The SMILES string of the molecule is CC(C)OS(=O)(=O)N1CCC(O)(CNc2nonc2C(=Nc2ccc(F)c(Br)c2)NO)C1. The number of hydrogen-bond acceptors (Lipinski definition) is 10. The maximum Gasteiger partial charge on any atom is 0.338 e. The highest BCUT2D eigenvalue weighted by Crippen LogP contribution is 2.26. The summed E-state index contributed by atoms with van der Waals surface area (Å²) in [5.41, 5.74) is 0.758. The van der Waals surface area contributed by atoms with Gasteiger partial charge in [-0.1, -0.05) is 0 Å². The molecule has 0 bridgehead atoms. The number of nitrogens with zero attached hydrogens (tertiary/aromatic N) is 4. The smallest absolute Gasteiger partial charge is 0.338 e. The van der Waals surface area contributed by atoms with Crippen molar-refractivity contribution in [1.82, 2.24) is 20.1 Å². The summed E-state index contributed by atoms with van der Waals surface area (Å²) < 4.78 is 48.8. The Morgan fingerprint density at radius 1 is 1.47 bits per heavy atom. The lowest BCUT2D eigenvalue weighted by Crippen LogP contribution is -2.42. The van der Waals surface area contributed by atoms with Gasteiger partial charge < -0.3 is 10.4 Å². The van der Waals surface area contributed by atoms with Crippen molar-refractivity contribution in [3.63, 3.8) is 0 Å². The Kier molecular flexibility index (Phi) is 7.46. The number of β-amino-alcohol motifs (C(OH)–C–C–N with tert-alkyl or cyclic N) is 1. The number of halogens is 2. The Morgan fingerprint density at radius 3 is 2.88 bits per heavy atom. The summed E-state index contributed by atoms with van der Waals surface area (Å²) in [5, 5.41) is 30.5. The molecule has 0 spiro atoms. The molecule has 0 amide bonds. The quantitative estimate of drug-likeness (QED) is 0.221. The first kappa shape index (κ1) is 24.5. The van der Waals surface area contributed by atoms with Gasteiger partial charge in [0.05, 0.1) is 21.9 Å². The van der Waals surface area contributed by atoms with Crippen molar-refractivity contribution < 1.29 is 31.9 Å². The van der Waals surface area contributed by atoms with Crippen LogP contribution in [0, 0.1) is 5.82 Å². The summed E-state index contributed by atoms with van der Waals surface area (Å²) >= 11 is 3.05. The number of hydrogen-bond donors (Lipinski definition) is 4. The van der Waals surface area contributed by atoms with Gasteiger partial charge in [0, 0.05) is 19.6 Å². The van der Waals surface area contributed by atoms with E-state index in [1.54, 1.807) is 13.8 Å². The van der Waals surface area contributed by atoms with Crippen LogP contribution in [0.5, 0.6) is 0 Å². The molecule has 4 N–H and O–H groups in total. The predicted molar refractivity (Wildman–Crippen MR) is 114 cm³/mol. The van der Waals surface area contributed by atoms with Gasteiger partial charge in [0.2, 0.25) is 5.82 Å². The molecule has 1 aliphatic heterocycles. The van der Waals surface area contributed by atoms with E-state index in [9.17, 15) is 23.1 Å². The summed E-state index contributed by atoms with van der Waals surface area (Å²) in [4.78, 5) is 4.14. The highest BCUT2D eigenvalue weighted by Gasteiger charge is 2.42. The summed E-state index contributed by atoms with van der Waals surface area (Å²) in [6, 6.07) is 3.97. The minimum atomic E-state index is -3.96. The third-order valence-corrected chi connectivity index (χ3v) is 6.66. The van der Waals surface area contributed by atoms with E-state index in [4.69, 9.17) is 8.81 Å². The minimum Gasteiger partial charge on any atom is -0.387 e. The number of amidine groups is 1. The normalized spacial score (nSPS) is 20.2. The van der Waals surface area contributed by atoms with Gasteiger partial charge in [-0.2, -0.15) is 12.7 Å². The number of hydroxylamine groups is 1. The number of aliphatic hydroxyl groups is 1. The maximum atomic E-state index is 13.4. The summed E-state index contributed by atoms with van der Waals surface area (Å²) in [7, 11) is -3.96. The topological polar surface area (TPSA) is 162 Å². The van der Waals surface area contributed by atoms with E-state index in [2.05, 4.69) is 36.6 Å². The fourth-order valence-corrected chi connectivity index (χ4v) is 4.67. The van der Waals surface area contributed by atoms with E-state index < -0.39 is 27.8 Å². The molecule has 176 valence electrons. The van der Waals surface area contributed by atoms with Crippen LogP contribution in [0.3, 0.4) is 0 Å². The van der Waals surface area contributed by atoms with E-state index in [-0.39, 0.29) is 47.9 Å². The van der Waals surface area contributed by atoms with Crippen molar-refractivity contribution in [3.8, 4) is 0 Å². The Balaban J connectivity index is 1.72. The Morgan fingerprint density at radius 2 is 2.22 bits per heavy atom. The Hall–Kier alpha value is -2.17. The van der Waals surface area contributed by atoms with Crippen molar-refractivity contribution in [1.29, 1.82) is 0 Å². The standard InChI is InChI=1S/C17H22BrFN6O6S/c1-10(2)30-32(28,29)25-6-5-17(26,9-25)8-20-15-14(23-31-24-15)16(22-27)21-11-3-4-13(19)12(18)7-11/h3-4,7,10,26-27H,5-6,8-9H2,1-2H3,(H,20,24)(H,21,22). The maximum absolute atomic E-state index is 13.4. The van der Waals surface area contributed by atoms with Crippen molar-refractivity contribution in [2.24, 2.45) is 4.99 Å². The third-order valence-electron chi connectivity index (χ3n) is 4.48. The molecule has 1 unspecified atom stereocenters. The van der Waals surface area contributed by atoms with Gasteiger partial charge in [-0.05, 0) is 64.7 Å². The molecule has 1 aromatic heterocycles. The van der Waals surface area contributed by atoms with E-state index >= 15 is 0 Å². The largest absolute Gasteiger partial charge is 0.387 e. The molecule has 1 atom stereocenters. The molecule has 1 aromatic carbocycles. The minimum absolute atomic E-state index is 0.0119. The predicted octanol–water partition coefficient (Wildman–Crippen LogP) is 1.55. The molecule has 2 heterocycles. The highest BCUT2D eigenvalue weighted by atomic mass is 79.9. The highest BCUT2D eigenvalue weighted by molar-refractivity contribution is 9.10. The van der Waals surface area contributed by atoms with Crippen molar-refractivity contribution >= 4 is 43.6 Å². The molecule has 2 aromatic rings. The zero-order valence-corrected chi connectivity index (χ0v) is 19.5. The second-order valence-electron chi connectivity index (χ2n) is 7.40. The first-order chi connectivity index (χ1) is 15.0. The van der Waals surface area contributed by atoms with Gasteiger partial charge >= 0.3 is 10.3 Å². The first-order valence-corrected chi connectivity index (χ1v) is 11.6. The molecule has 0 saturated carbocycles. The van der Waals surface area contributed by atoms with Crippen molar-refractivity contribution in [2.75, 3.05) is 25.0 Å². The number of rotatable bonds is 8. The fourth-order valence-electron chi connectivity index (χ4n) is 2.98. The van der Waals surface area contributed by atoms with Gasteiger partial charge in [-0.15, -0.1) is 0 Å². The number of anilines is 1. The van der Waals surface area contributed by atoms with E-state index in [1.165, 1.54) is 18.2 Å². The van der Waals surface area contributed by atoms with Gasteiger partial charge in [-0.25, -0.2) is 14.0 Å². The molecule has 15 heteroatoms. The number of nitrogens with one attached hydrogen (secondary N) is 2. The summed E-state index contributed by atoms with van der Waals surface area (Å²) in [6.45, 7) is 3.00. The molecule has 1 aliphatic rings. The molecular weight excluding hydrogens is 515 g/mol. The van der Waals surface area contributed by atoms with Gasteiger partial charge in [0.15, 0.2) is 11.5 Å². The second kappa shape index (κ2) is 9.76. The van der Waals surface area contributed by atoms with Crippen LogP contribution >= 0.6 is 15.9 Å². The van der Waals surface area contributed by atoms with Crippen molar-refractivity contribution in [3.05, 3.63) is 34.2 Å². The van der Waals surface area contributed by atoms with Crippen LogP contribution in [0.2, 0.25) is 0 Å². The van der Waals surface area contributed by atoms with Crippen LogP contribution in [-0.2, 0) is 14.5 Å². The molecule has 1 saturated heterocycles. The average Bonchev–Trinajstić information content (AvgIpc) is 3.34. The number of aromatic nitrogens is 2. The second-order valence-corrected chi connectivity index (χ2v) is 9.81.